The molecule has 126 valence electrons. The van der Waals surface area contributed by atoms with Gasteiger partial charge in [0.1, 0.15) is 11.5 Å². The highest BCUT2D eigenvalue weighted by atomic mass is 16.7. The summed E-state index contributed by atoms with van der Waals surface area (Å²) in [5.41, 5.74) is 1.98. The Balaban J connectivity index is 1.77. The van der Waals surface area contributed by atoms with Gasteiger partial charge in [0, 0.05) is 11.6 Å². The number of likely N-dealkylation sites (tertiary alicyclic amines) is 1. The summed E-state index contributed by atoms with van der Waals surface area (Å²) in [6.45, 7) is 2.24. The van der Waals surface area contributed by atoms with Crippen molar-refractivity contribution < 1.29 is 19.3 Å². The Labute approximate surface area is 141 Å². The normalized spacial score (nSPS) is 17.9. The maximum atomic E-state index is 10.6. The van der Waals surface area contributed by atoms with Crippen LogP contribution in [0.15, 0.2) is 36.4 Å². The third-order valence-corrected chi connectivity index (χ3v) is 4.75. The molecule has 0 amide bonds. The second kappa shape index (κ2) is 6.24. The number of hydrogen-bond acceptors (Lipinski definition) is 5. The monoisotopic (exact) mass is 327 g/mol. The maximum Gasteiger partial charge on any atom is 0.231 e. The van der Waals surface area contributed by atoms with Crippen molar-refractivity contribution in [1.29, 1.82) is 0 Å². The Kier molecular flexibility index (Phi) is 3.94. The van der Waals surface area contributed by atoms with Gasteiger partial charge in [-0.1, -0.05) is 12.1 Å². The molecule has 1 saturated heterocycles. The molecular formula is C19H21NO4. The molecule has 24 heavy (non-hydrogen) atoms. The SMILES string of the molecule is COc1ccc([C@H](c2cc3c(cc2O)OCO3)N2CCCC2)cc1. The summed E-state index contributed by atoms with van der Waals surface area (Å²) in [5, 5.41) is 10.6. The van der Waals surface area contributed by atoms with Crippen LogP contribution in [-0.4, -0.2) is 37.0 Å². The fourth-order valence-electron chi connectivity index (χ4n) is 3.54. The number of aromatic hydroxyl groups is 1. The first-order valence-corrected chi connectivity index (χ1v) is 8.27. The predicted octanol–water partition coefficient (Wildman–Crippen LogP) is 3.31. The first-order chi connectivity index (χ1) is 11.8. The van der Waals surface area contributed by atoms with Gasteiger partial charge >= 0.3 is 0 Å². The van der Waals surface area contributed by atoms with Crippen molar-refractivity contribution in [2.45, 2.75) is 18.9 Å². The van der Waals surface area contributed by atoms with Gasteiger partial charge in [-0.2, -0.15) is 0 Å². The summed E-state index contributed by atoms with van der Waals surface area (Å²) in [6, 6.07) is 11.6. The van der Waals surface area contributed by atoms with E-state index in [-0.39, 0.29) is 18.6 Å². The second-order valence-corrected chi connectivity index (χ2v) is 6.18. The summed E-state index contributed by atoms with van der Waals surface area (Å²) < 4.78 is 16.1. The van der Waals surface area contributed by atoms with Crippen molar-refractivity contribution in [3.05, 3.63) is 47.5 Å². The Hall–Kier alpha value is -2.40. The van der Waals surface area contributed by atoms with E-state index in [1.165, 1.54) is 12.8 Å². The van der Waals surface area contributed by atoms with Gasteiger partial charge in [0.05, 0.1) is 13.2 Å². The van der Waals surface area contributed by atoms with E-state index in [0.717, 1.165) is 30.0 Å². The van der Waals surface area contributed by atoms with Crippen molar-refractivity contribution in [2.75, 3.05) is 27.0 Å². The lowest BCUT2D eigenvalue weighted by Crippen LogP contribution is -2.26. The first-order valence-electron chi connectivity index (χ1n) is 8.27. The molecule has 1 N–H and O–H groups in total. The first kappa shape index (κ1) is 15.1. The topological polar surface area (TPSA) is 51.2 Å². The zero-order valence-electron chi connectivity index (χ0n) is 13.7. The molecule has 5 nitrogen and oxygen atoms in total. The number of benzene rings is 2. The van der Waals surface area contributed by atoms with Gasteiger partial charge < -0.3 is 19.3 Å². The summed E-state index contributed by atoms with van der Waals surface area (Å²) in [5.74, 6) is 2.37. The van der Waals surface area contributed by atoms with E-state index >= 15 is 0 Å². The van der Waals surface area contributed by atoms with E-state index < -0.39 is 0 Å². The Morgan fingerprint density at radius 2 is 1.71 bits per heavy atom. The van der Waals surface area contributed by atoms with Gasteiger partial charge in [0.15, 0.2) is 11.5 Å². The highest BCUT2D eigenvalue weighted by molar-refractivity contribution is 5.54. The smallest absolute Gasteiger partial charge is 0.231 e. The average molecular weight is 327 g/mol. The van der Waals surface area contributed by atoms with Crippen LogP contribution in [0.3, 0.4) is 0 Å². The van der Waals surface area contributed by atoms with Crippen LogP contribution >= 0.6 is 0 Å². The van der Waals surface area contributed by atoms with Crippen molar-refractivity contribution in [3.63, 3.8) is 0 Å². The van der Waals surface area contributed by atoms with Crippen LogP contribution in [0.4, 0.5) is 0 Å². The van der Waals surface area contributed by atoms with E-state index in [0.29, 0.717) is 11.5 Å². The molecule has 2 aliphatic rings. The number of ether oxygens (including phenoxy) is 3. The minimum absolute atomic E-state index is 0.00657. The van der Waals surface area contributed by atoms with E-state index in [1.807, 2.05) is 18.2 Å². The van der Waals surface area contributed by atoms with Crippen LogP contribution in [0.25, 0.3) is 0 Å². The lowest BCUT2D eigenvalue weighted by molar-refractivity contribution is 0.173. The molecule has 1 fully saturated rings. The molecule has 4 rings (SSSR count). The molecular weight excluding hydrogens is 306 g/mol. The third kappa shape index (κ3) is 2.65. The highest BCUT2D eigenvalue weighted by Gasteiger charge is 2.29. The maximum absolute atomic E-state index is 10.6. The molecule has 2 aromatic carbocycles. The predicted molar refractivity (Wildman–Crippen MR) is 89.9 cm³/mol. The van der Waals surface area contributed by atoms with E-state index in [9.17, 15) is 5.11 Å². The lowest BCUT2D eigenvalue weighted by atomic mass is 9.96. The quantitative estimate of drug-likeness (QED) is 0.933. The van der Waals surface area contributed by atoms with Gasteiger partial charge in [0.25, 0.3) is 0 Å². The molecule has 0 radical (unpaired) electrons. The van der Waals surface area contributed by atoms with Gasteiger partial charge in [-0.25, -0.2) is 0 Å². The van der Waals surface area contributed by atoms with E-state index in [1.54, 1.807) is 13.2 Å². The van der Waals surface area contributed by atoms with Crippen LogP contribution in [0.5, 0.6) is 23.0 Å². The standard InChI is InChI=1S/C19H21NO4/c1-22-14-6-4-13(5-7-14)19(20-8-2-3-9-20)15-10-17-18(11-16(15)21)24-12-23-17/h4-7,10-11,19,21H,2-3,8-9,12H2,1H3/t19-/m1/s1. The number of phenols is 1. The molecule has 0 saturated carbocycles. The number of fused-ring (bicyclic) bond motifs is 1. The zero-order valence-corrected chi connectivity index (χ0v) is 13.7. The fourth-order valence-corrected chi connectivity index (χ4v) is 3.54. The van der Waals surface area contributed by atoms with E-state index in [2.05, 4.69) is 17.0 Å². The Morgan fingerprint density at radius 1 is 1.04 bits per heavy atom. The molecule has 1 atom stereocenters. The van der Waals surface area contributed by atoms with Gasteiger partial charge in [-0.05, 0) is 49.7 Å². The molecule has 0 spiro atoms. The molecule has 0 bridgehead atoms. The van der Waals surface area contributed by atoms with Crippen molar-refractivity contribution in [2.24, 2.45) is 0 Å². The average Bonchev–Trinajstić information content (AvgIpc) is 3.27. The fraction of sp³-hybridized carbons (Fsp3) is 0.368. The van der Waals surface area contributed by atoms with Gasteiger partial charge in [-0.15, -0.1) is 0 Å². The summed E-state index contributed by atoms with van der Waals surface area (Å²) in [7, 11) is 1.66. The highest BCUT2D eigenvalue weighted by Crippen LogP contribution is 2.44. The molecule has 2 aromatic rings. The second-order valence-electron chi connectivity index (χ2n) is 6.18. The molecule has 0 aliphatic carbocycles. The molecule has 2 aliphatic heterocycles. The number of methoxy groups -OCH3 is 1. The largest absolute Gasteiger partial charge is 0.507 e. The summed E-state index contributed by atoms with van der Waals surface area (Å²) >= 11 is 0. The molecule has 5 heteroatoms. The molecule has 2 heterocycles. The molecule has 0 aromatic heterocycles. The van der Waals surface area contributed by atoms with Crippen LogP contribution in [0.2, 0.25) is 0 Å². The number of rotatable bonds is 4. The van der Waals surface area contributed by atoms with Gasteiger partial charge in [0.2, 0.25) is 6.79 Å². The number of hydrogen-bond donors (Lipinski definition) is 1. The number of phenolic OH excluding ortho intramolecular Hbond substituents is 1. The van der Waals surface area contributed by atoms with Crippen LogP contribution in [0.1, 0.15) is 30.0 Å². The zero-order chi connectivity index (χ0) is 16.5. The Bertz CT molecular complexity index is 723. The Morgan fingerprint density at radius 3 is 2.38 bits per heavy atom. The number of nitrogens with zero attached hydrogens (tertiary/aromatic N) is 1. The van der Waals surface area contributed by atoms with Crippen molar-refractivity contribution in [3.8, 4) is 23.0 Å². The van der Waals surface area contributed by atoms with Crippen LogP contribution in [-0.2, 0) is 0 Å². The molecule has 0 unspecified atom stereocenters. The summed E-state index contributed by atoms with van der Waals surface area (Å²) in [6.07, 6.45) is 2.36. The third-order valence-electron chi connectivity index (χ3n) is 4.75. The lowest BCUT2D eigenvalue weighted by Gasteiger charge is -2.29. The van der Waals surface area contributed by atoms with Crippen molar-refractivity contribution >= 4 is 0 Å². The summed E-state index contributed by atoms with van der Waals surface area (Å²) in [4.78, 5) is 2.40. The van der Waals surface area contributed by atoms with Crippen LogP contribution < -0.4 is 14.2 Å². The van der Waals surface area contributed by atoms with Gasteiger partial charge in [-0.3, -0.25) is 4.90 Å². The van der Waals surface area contributed by atoms with Crippen LogP contribution in [0, 0.1) is 0 Å². The minimum Gasteiger partial charge on any atom is -0.507 e. The van der Waals surface area contributed by atoms with E-state index in [4.69, 9.17) is 14.2 Å². The van der Waals surface area contributed by atoms with Crippen molar-refractivity contribution in [1.82, 2.24) is 4.90 Å². The minimum atomic E-state index is -0.00657.